The molecule has 26 heavy (non-hydrogen) atoms. The molecule has 0 spiro atoms. The Bertz CT molecular complexity index is 397. The smallest absolute Gasteiger partial charge is 0.227 e. The Balaban J connectivity index is 2.19. The topological polar surface area (TPSA) is 49.9 Å². The van der Waals surface area contributed by atoms with Crippen molar-refractivity contribution in [3.8, 4) is 0 Å². The van der Waals surface area contributed by atoms with Gasteiger partial charge < -0.3 is 14.5 Å². The molecule has 152 valence electrons. The van der Waals surface area contributed by atoms with Crippen molar-refractivity contribution >= 4 is 11.8 Å². The highest BCUT2D eigenvalue weighted by molar-refractivity contribution is 5.81. The first-order valence-corrected chi connectivity index (χ1v) is 10.8. The third kappa shape index (κ3) is 8.52. The van der Waals surface area contributed by atoms with Gasteiger partial charge in [-0.05, 0) is 33.1 Å². The number of carbonyl (C=O) groups is 2. The van der Waals surface area contributed by atoms with E-state index in [9.17, 15) is 9.59 Å². The number of hydrogen-bond donors (Lipinski definition) is 0. The van der Waals surface area contributed by atoms with Crippen LogP contribution in [-0.4, -0.2) is 61.0 Å². The Morgan fingerprint density at radius 2 is 1.69 bits per heavy atom. The van der Waals surface area contributed by atoms with Gasteiger partial charge in [-0.2, -0.15) is 0 Å². The number of nitrogens with zero attached hydrogens (tertiary/aromatic N) is 2. The number of piperidine rings is 1. The minimum atomic E-state index is -0.0309. The predicted octanol–water partition coefficient (Wildman–Crippen LogP) is 3.86. The van der Waals surface area contributed by atoms with E-state index in [1.54, 1.807) is 0 Å². The lowest BCUT2D eigenvalue weighted by atomic mass is 9.96. The molecule has 5 heteroatoms. The summed E-state index contributed by atoms with van der Waals surface area (Å²) in [7, 11) is 0. The van der Waals surface area contributed by atoms with Gasteiger partial charge in [0.2, 0.25) is 11.8 Å². The van der Waals surface area contributed by atoms with Crippen LogP contribution in [0.2, 0.25) is 0 Å². The van der Waals surface area contributed by atoms with Gasteiger partial charge in [0.15, 0.2) is 0 Å². The van der Waals surface area contributed by atoms with Crippen molar-refractivity contribution in [3.05, 3.63) is 0 Å². The van der Waals surface area contributed by atoms with Gasteiger partial charge in [-0.3, -0.25) is 9.59 Å². The fraction of sp³-hybridized carbons (Fsp3) is 0.905. The summed E-state index contributed by atoms with van der Waals surface area (Å²) in [4.78, 5) is 28.7. The number of ether oxygens (including phenoxy) is 1. The predicted molar refractivity (Wildman–Crippen MR) is 106 cm³/mol. The maximum Gasteiger partial charge on any atom is 0.227 e. The molecule has 1 fully saturated rings. The second-order valence-corrected chi connectivity index (χ2v) is 7.32. The summed E-state index contributed by atoms with van der Waals surface area (Å²) < 4.78 is 5.63. The molecular formula is C21H40N2O3. The Kier molecular flexibility index (Phi) is 12.4. The summed E-state index contributed by atoms with van der Waals surface area (Å²) in [6, 6.07) is 0. The number of likely N-dealkylation sites (tertiary alicyclic amines) is 1. The molecule has 0 N–H and O–H groups in total. The zero-order chi connectivity index (χ0) is 19.2. The van der Waals surface area contributed by atoms with Crippen molar-refractivity contribution in [1.29, 1.82) is 0 Å². The van der Waals surface area contributed by atoms with Gasteiger partial charge in [0, 0.05) is 32.8 Å². The van der Waals surface area contributed by atoms with Gasteiger partial charge in [-0.25, -0.2) is 0 Å². The second kappa shape index (κ2) is 14.0. The molecular weight excluding hydrogens is 328 g/mol. The van der Waals surface area contributed by atoms with E-state index in [-0.39, 0.29) is 17.7 Å². The van der Waals surface area contributed by atoms with Crippen LogP contribution in [0.3, 0.4) is 0 Å². The molecule has 0 saturated carbocycles. The maximum atomic E-state index is 12.5. The zero-order valence-electron chi connectivity index (χ0n) is 17.3. The molecule has 1 saturated heterocycles. The summed E-state index contributed by atoms with van der Waals surface area (Å²) in [5.74, 6) is 0.299. The van der Waals surface area contributed by atoms with E-state index >= 15 is 0 Å². The lowest BCUT2D eigenvalue weighted by Crippen LogP contribution is -2.46. The molecule has 5 nitrogen and oxygen atoms in total. The summed E-state index contributed by atoms with van der Waals surface area (Å²) in [6.45, 7) is 10.3. The van der Waals surface area contributed by atoms with Gasteiger partial charge in [0.1, 0.15) is 0 Å². The Morgan fingerprint density at radius 1 is 1.00 bits per heavy atom. The lowest BCUT2D eigenvalue weighted by molar-refractivity contribution is -0.141. The highest BCUT2D eigenvalue weighted by Crippen LogP contribution is 2.19. The molecule has 0 aliphatic carbocycles. The molecule has 1 aliphatic heterocycles. The molecule has 0 aromatic rings. The second-order valence-electron chi connectivity index (χ2n) is 7.32. The van der Waals surface area contributed by atoms with Crippen LogP contribution >= 0.6 is 0 Å². The third-order valence-corrected chi connectivity index (χ3v) is 5.30. The summed E-state index contributed by atoms with van der Waals surface area (Å²) in [5, 5.41) is 0. The van der Waals surface area contributed by atoms with Crippen molar-refractivity contribution in [1.82, 2.24) is 9.80 Å². The lowest BCUT2D eigenvalue weighted by Gasteiger charge is -2.34. The van der Waals surface area contributed by atoms with Gasteiger partial charge in [0.25, 0.3) is 0 Å². The Hall–Kier alpha value is -1.10. The molecule has 0 radical (unpaired) electrons. The monoisotopic (exact) mass is 368 g/mol. The van der Waals surface area contributed by atoms with E-state index < -0.39 is 0 Å². The summed E-state index contributed by atoms with van der Waals surface area (Å²) >= 11 is 0. The molecule has 1 aliphatic rings. The van der Waals surface area contributed by atoms with E-state index in [0.29, 0.717) is 19.6 Å². The van der Waals surface area contributed by atoms with E-state index in [1.807, 2.05) is 23.6 Å². The largest absolute Gasteiger partial charge is 0.381 e. The maximum absolute atomic E-state index is 12.5. The van der Waals surface area contributed by atoms with Crippen molar-refractivity contribution in [2.24, 2.45) is 5.92 Å². The molecule has 1 atom stereocenters. The number of carbonyl (C=O) groups excluding carboxylic acids is 2. The van der Waals surface area contributed by atoms with Crippen LogP contribution in [0, 0.1) is 5.92 Å². The van der Waals surface area contributed by atoms with Crippen LogP contribution in [0.25, 0.3) is 0 Å². The first kappa shape index (κ1) is 22.9. The van der Waals surface area contributed by atoms with Gasteiger partial charge in [-0.15, -0.1) is 0 Å². The van der Waals surface area contributed by atoms with E-state index in [4.69, 9.17) is 4.74 Å². The third-order valence-electron chi connectivity index (χ3n) is 5.30. The van der Waals surface area contributed by atoms with Crippen LogP contribution in [0.1, 0.15) is 78.6 Å². The average Bonchev–Trinajstić information content (AvgIpc) is 2.67. The van der Waals surface area contributed by atoms with Crippen LogP contribution in [0.4, 0.5) is 0 Å². The van der Waals surface area contributed by atoms with E-state index in [0.717, 1.165) is 45.5 Å². The Labute approximate surface area is 160 Å². The molecule has 0 bridgehead atoms. The number of amides is 2. The molecule has 2 amide bonds. The average molecular weight is 369 g/mol. The standard InChI is InChI=1S/C21H40N2O3/c1-4-7-8-9-10-11-16-26-17-14-20(24)23-15-12-13-19(18-23)21(25)22(5-2)6-3/h19H,4-18H2,1-3H3. The summed E-state index contributed by atoms with van der Waals surface area (Å²) in [6.07, 6.45) is 9.75. The number of hydrogen-bond acceptors (Lipinski definition) is 3. The first-order chi connectivity index (χ1) is 12.6. The fourth-order valence-corrected chi connectivity index (χ4v) is 3.60. The fourth-order valence-electron chi connectivity index (χ4n) is 3.60. The quantitative estimate of drug-likeness (QED) is 0.464. The number of unbranched alkanes of at least 4 members (excludes halogenated alkanes) is 5. The molecule has 0 aromatic heterocycles. The van der Waals surface area contributed by atoms with Crippen LogP contribution < -0.4 is 0 Å². The molecule has 1 unspecified atom stereocenters. The minimum absolute atomic E-state index is 0.0309. The number of rotatable bonds is 13. The van der Waals surface area contributed by atoms with Crippen LogP contribution in [0.5, 0.6) is 0 Å². The Morgan fingerprint density at radius 3 is 2.38 bits per heavy atom. The first-order valence-electron chi connectivity index (χ1n) is 10.8. The normalized spacial score (nSPS) is 17.3. The van der Waals surface area contributed by atoms with Crippen molar-refractivity contribution in [3.63, 3.8) is 0 Å². The van der Waals surface area contributed by atoms with E-state index in [1.165, 1.54) is 32.1 Å². The van der Waals surface area contributed by atoms with Gasteiger partial charge in [0.05, 0.1) is 18.9 Å². The highest BCUT2D eigenvalue weighted by Gasteiger charge is 2.30. The van der Waals surface area contributed by atoms with Gasteiger partial charge in [-0.1, -0.05) is 39.0 Å². The SMILES string of the molecule is CCCCCCCCOCCC(=O)N1CCCC(C(=O)N(CC)CC)C1. The highest BCUT2D eigenvalue weighted by atomic mass is 16.5. The molecule has 1 heterocycles. The summed E-state index contributed by atoms with van der Waals surface area (Å²) in [5.41, 5.74) is 0. The van der Waals surface area contributed by atoms with E-state index in [2.05, 4.69) is 6.92 Å². The van der Waals surface area contributed by atoms with Gasteiger partial charge >= 0.3 is 0 Å². The molecule has 1 rings (SSSR count). The van der Waals surface area contributed by atoms with Crippen molar-refractivity contribution < 1.29 is 14.3 Å². The van der Waals surface area contributed by atoms with Crippen molar-refractivity contribution in [2.75, 3.05) is 39.4 Å². The molecule has 0 aromatic carbocycles. The van der Waals surface area contributed by atoms with Crippen LogP contribution in [-0.2, 0) is 14.3 Å². The zero-order valence-corrected chi connectivity index (χ0v) is 17.3. The van der Waals surface area contributed by atoms with Crippen molar-refractivity contribution in [2.45, 2.75) is 78.6 Å². The minimum Gasteiger partial charge on any atom is -0.381 e. The van der Waals surface area contributed by atoms with Crippen LogP contribution in [0.15, 0.2) is 0 Å².